The Labute approximate surface area is 123 Å². The summed E-state index contributed by atoms with van der Waals surface area (Å²) in [7, 11) is 0. The number of anilines is 1. The van der Waals surface area contributed by atoms with E-state index in [4.69, 9.17) is 0 Å². The Bertz CT molecular complexity index is 516. The molecule has 2 rings (SSSR count). The maximum Gasteiger partial charge on any atom is 0.0377 e. The summed E-state index contributed by atoms with van der Waals surface area (Å²) in [6, 6.07) is 19.9. The Kier molecular flexibility index (Phi) is 5.23. The fourth-order valence-electron chi connectivity index (χ4n) is 2.55. The van der Waals surface area contributed by atoms with E-state index < -0.39 is 0 Å². The van der Waals surface area contributed by atoms with Crippen LogP contribution in [0.2, 0.25) is 0 Å². The van der Waals surface area contributed by atoms with E-state index in [1.54, 1.807) is 0 Å². The van der Waals surface area contributed by atoms with Crippen LogP contribution >= 0.6 is 0 Å². The highest BCUT2D eigenvalue weighted by Gasteiger charge is 2.11. The fraction of sp³-hybridized carbons (Fsp3) is 0.368. The molecule has 1 nitrogen and oxygen atoms in total. The van der Waals surface area contributed by atoms with Crippen molar-refractivity contribution in [2.24, 2.45) is 0 Å². The van der Waals surface area contributed by atoms with Gasteiger partial charge >= 0.3 is 0 Å². The second kappa shape index (κ2) is 7.14. The van der Waals surface area contributed by atoms with Crippen LogP contribution in [0.4, 0.5) is 5.69 Å². The smallest absolute Gasteiger partial charge is 0.0377 e. The summed E-state index contributed by atoms with van der Waals surface area (Å²) in [5.74, 6) is 0.549. The first kappa shape index (κ1) is 14.6. The number of nitrogens with one attached hydrogen (secondary N) is 1. The van der Waals surface area contributed by atoms with Gasteiger partial charge in [-0.3, -0.25) is 0 Å². The Morgan fingerprint density at radius 2 is 1.55 bits per heavy atom. The molecule has 0 aromatic heterocycles. The predicted molar refractivity (Wildman–Crippen MR) is 88.4 cm³/mol. The summed E-state index contributed by atoms with van der Waals surface area (Å²) < 4.78 is 0. The second-order valence-corrected chi connectivity index (χ2v) is 5.68. The molecule has 1 unspecified atom stereocenters. The van der Waals surface area contributed by atoms with Gasteiger partial charge in [0.05, 0.1) is 0 Å². The molecule has 0 saturated heterocycles. The van der Waals surface area contributed by atoms with Gasteiger partial charge in [-0.25, -0.2) is 0 Å². The van der Waals surface area contributed by atoms with Crippen LogP contribution in [0.1, 0.15) is 44.2 Å². The Balaban J connectivity index is 2.11. The Morgan fingerprint density at radius 3 is 2.20 bits per heavy atom. The Hall–Kier alpha value is -1.76. The average molecular weight is 267 g/mol. The molecule has 0 bridgehead atoms. The van der Waals surface area contributed by atoms with Gasteiger partial charge in [-0.15, -0.1) is 0 Å². The van der Waals surface area contributed by atoms with Crippen molar-refractivity contribution in [2.75, 3.05) is 5.32 Å². The minimum Gasteiger partial charge on any atom is -0.382 e. The highest BCUT2D eigenvalue weighted by atomic mass is 14.9. The maximum atomic E-state index is 3.73. The molecule has 0 spiro atoms. The van der Waals surface area contributed by atoms with Crippen LogP contribution in [0.25, 0.3) is 0 Å². The molecule has 0 radical (unpaired) electrons. The third kappa shape index (κ3) is 3.86. The molecule has 0 saturated carbocycles. The normalized spacial score (nSPS) is 12.4. The average Bonchev–Trinajstić information content (AvgIpc) is 2.48. The van der Waals surface area contributed by atoms with Crippen LogP contribution in [0, 0.1) is 0 Å². The van der Waals surface area contributed by atoms with Gasteiger partial charge in [0.2, 0.25) is 0 Å². The third-order valence-electron chi connectivity index (χ3n) is 3.76. The van der Waals surface area contributed by atoms with Crippen LogP contribution in [-0.4, -0.2) is 6.04 Å². The summed E-state index contributed by atoms with van der Waals surface area (Å²) in [6.07, 6.45) is 2.20. The predicted octanol–water partition coefficient (Wildman–Crippen LogP) is 5.24. The van der Waals surface area contributed by atoms with E-state index in [2.05, 4.69) is 80.7 Å². The molecule has 0 aliphatic rings. The molecule has 0 amide bonds. The summed E-state index contributed by atoms with van der Waals surface area (Å²) in [6.45, 7) is 6.75. The fourth-order valence-corrected chi connectivity index (χ4v) is 2.55. The van der Waals surface area contributed by atoms with Crippen LogP contribution in [0.15, 0.2) is 54.6 Å². The van der Waals surface area contributed by atoms with E-state index in [1.165, 1.54) is 16.8 Å². The van der Waals surface area contributed by atoms with Crippen molar-refractivity contribution in [3.05, 3.63) is 65.7 Å². The number of rotatable bonds is 6. The molecule has 20 heavy (non-hydrogen) atoms. The van der Waals surface area contributed by atoms with Gasteiger partial charge in [0, 0.05) is 11.7 Å². The van der Waals surface area contributed by atoms with Crippen molar-refractivity contribution in [1.82, 2.24) is 0 Å². The number of benzene rings is 2. The first-order chi connectivity index (χ1) is 9.70. The lowest BCUT2D eigenvalue weighted by molar-refractivity contribution is 0.687. The number of hydrogen-bond acceptors (Lipinski definition) is 1. The van der Waals surface area contributed by atoms with Crippen molar-refractivity contribution in [1.29, 1.82) is 0 Å². The molecule has 0 aliphatic heterocycles. The van der Waals surface area contributed by atoms with Gasteiger partial charge < -0.3 is 5.32 Å². The molecule has 1 heteroatoms. The van der Waals surface area contributed by atoms with Gasteiger partial charge in [-0.2, -0.15) is 0 Å². The van der Waals surface area contributed by atoms with Gasteiger partial charge in [-0.1, -0.05) is 69.3 Å². The second-order valence-electron chi connectivity index (χ2n) is 5.68. The molecule has 0 heterocycles. The standard InChI is InChI=1S/C19H25N/c1-4-17(14-16-10-6-5-7-11-16)20-19-13-9-8-12-18(19)15(2)3/h5-13,15,17,20H,4,14H2,1-3H3. The van der Waals surface area contributed by atoms with E-state index in [-0.39, 0.29) is 0 Å². The van der Waals surface area contributed by atoms with Gasteiger partial charge in [0.25, 0.3) is 0 Å². The zero-order valence-corrected chi connectivity index (χ0v) is 12.8. The lowest BCUT2D eigenvalue weighted by Crippen LogP contribution is -2.22. The monoisotopic (exact) mass is 267 g/mol. The lowest BCUT2D eigenvalue weighted by atomic mass is 9.99. The van der Waals surface area contributed by atoms with Gasteiger partial charge in [0.1, 0.15) is 0 Å². The molecular weight excluding hydrogens is 242 g/mol. The van der Waals surface area contributed by atoms with E-state index >= 15 is 0 Å². The number of para-hydroxylation sites is 1. The van der Waals surface area contributed by atoms with Crippen LogP contribution < -0.4 is 5.32 Å². The molecule has 106 valence electrons. The van der Waals surface area contributed by atoms with Crippen LogP contribution in [0.3, 0.4) is 0 Å². The minimum atomic E-state index is 0.484. The summed E-state index contributed by atoms with van der Waals surface area (Å²) in [4.78, 5) is 0. The molecule has 0 aliphatic carbocycles. The highest BCUT2D eigenvalue weighted by Crippen LogP contribution is 2.25. The summed E-state index contributed by atoms with van der Waals surface area (Å²) in [5, 5.41) is 3.73. The van der Waals surface area contributed by atoms with Crippen molar-refractivity contribution in [3.8, 4) is 0 Å². The largest absolute Gasteiger partial charge is 0.382 e. The minimum absolute atomic E-state index is 0.484. The molecule has 1 atom stereocenters. The first-order valence-electron chi connectivity index (χ1n) is 7.60. The van der Waals surface area contributed by atoms with Crippen molar-refractivity contribution in [2.45, 2.75) is 45.6 Å². The van der Waals surface area contributed by atoms with Crippen molar-refractivity contribution < 1.29 is 0 Å². The maximum absolute atomic E-state index is 3.73. The Morgan fingerprint density at radius 1 is 0.900 bits per heavy atom. The molecule has 0 fully saturated rings. The SMILES string of the molecule is CCC(Cc1ccccc1)Nc1ccccc1C(C)C. The molecule has 2 aromatic rings. The zero-order valence-electron chi connectivity index (χ0n) is 12.8. The van der Waals surface area contributed by atoms with E-state index in [9.17, 15) is 0 Å². The molecular formula is C19H25N. The van der Waals surface area contributed by atoms with E-state index in [1.807, 2.05) is 0 Å². The summed E-state index contributed by atoms with van der Waals surface area (Å²) in [5.41, 5.74) is 4.08. The van der Waals surface area contributed by atoms with E-state index in [0.717, 1.165) is 12.8 Å². The van der Waals surface area contributed by atoms with Gasteiger partial charge in [-0.05, 0) is 36.0 Å². The van der Waals surface area contributed by atoms with Gasteiger partial charge in [0.15, 0.2) is 0 Å². The topological polar surface area (TPSA) is 12.0 Å². The lowest BCUT2D eigenvalue weighted by Gasteiger charge is -2.22. The highest BCUT2D eigenvalue weighted by molar-refractivity contribution is 5.53. The molecule has 2 aromatic carbocycles. The summed E-state index contributed by atoms with van der Waals surface area (Å²) >= 11 is 0. The van der Waals surface area contributed by atoms with Crippen LogP contribution in [0.5, 0.6) is 0 Å². The number of hydrogen-bond donors (Lipinski definition) is 1. The zero-order chi connectivity index (χ0) is 14.4. The van der Waals surface area contributed by atoms with E-state index in [0.29, 0.717) is 12.0 Å². The van der Waals surface area contributed by atoms with Crippen LogP contribution in [-0.2, 0) is 6.42 Å². The van der Waals surface area contributed by atoms with Crippen molar-refractivity contribution >= 4 is 5.69 Å². The first-order valence-corrected chi connectivity index (χ1v) is 7.60. The third-order valence-corrected chi connectivity index (χ3v) is 3.76. The van der Waals surface area contributed by atoms with Crippen molar-refractivity contribution in [3.63, 3.8) is 0 Å². The molecule has 1 N–H and O–H groups in total. The quantitative estimate of drug-likeness (QED) is 0.754.